The number of benzene rings is 1. The van der Waals surface area contributed by atoms with Gasteiger partial charge in [0.15, 0.2) is 5.78 Å². The van der Waals surface area contributed by atoms with Crippen molar-refractivity contribution in [2.24, 2.45) is 0 Å². The summed E-state index contributed by atoms with van der Waals surface area (Å²) in [5, 5.41) is 0.627. The molecule has 0 aliphatic rings. The maximum atomic E-state index is 11.7. The molecule has 0 heterocycles. The van der Waals surface area contributed by atoms with E-state index in [2.05, 4.69) is 6.58 Å². The van der Waals surface area contributed by atoms with E-state index in [1.54, 1.807) is 6.07 Å². The van der Waals surface area contributed by atoms with E-state index in [1.165, 1.54) is 0 Å². The Morgan fingerprint density at radius 2 is 2.20 bits per heavy atom. The number of allylic oxidation sites excluding steroid dienone is 1. The van der Waals surface area contributed by atoms with Gasteiger partial charge in [-0.2, -0.15) is 0 Å². The molecule has 0 aromatic heterocycles. The number of hydrogen-bond acceptors (Lipinski definition) is 1. The van der Waals surface area contributed by atoms with Crippen LogP contribution in [0.1, 0.15) is 35.2 Å². The van der Waals surface area contributed by atoms with Crippen molar-refractivity contribution >= 4 is 17.4 Å². The van der Waals surface area contributed by atoms with Crippen molar-refractivity contribution in [3.63, 3.8) is 0 Å². The molecule has 0 unspecified atom stereocenters. The average molecular weight is 223 g/mol. The summed E-state index contributed by atoms with van der Waals surface area (Å²) in [4.78, 5) is 11.7. The Hall–Kier alpha value is -1.08. The highest BCUT2D eigenvalue weighted by atomic mass is 35.5. The van der Waals surface area contributed by atoms with Crippen LogP contribution in [0.3, 0.4) is 0 Å². The first-order valence-electron chi connectivity index (χ1n) is 5.05. The Balaban J connectivity index is 2.69. The second kappa shape index (κ2) is 5.72. The van der Waals surface area contributed by atoms with Gasteiger partial charge in [0.05, 0.1) is 0 Å². The molecular formula is C13H15ClO. The van der Waals surface area contributed by atoms with Crippen LogP contribution in [-0.2, 0) is 0 Å². The van der Waals surface area contributed by atoms with E-state index >= 15 is 0 Å². The lowest BCUT2D eigenvalue weighted by atomic mass is 10.0. The van der Waals surface area contributed by atoms with Gasteiger partial charge in [0, 0.05) is 17.0 Å². The van der Waals surface area contributed by atoms with Crippen molar-refractivity contribution in [1.82, 2.24) is 0 Å². The summed E-state index contributed by atoms with van der Waals surface area (Å²) in [6, 6.07) is 5.45. The first-order chi connectivity index (χ1) is 7.13. The number of unbranched alkanes of at least 4 members (excludes halogenated alkanes) is 1. The zero-order valence-corrected chi connectivity index (χ0v) is 9.68. The van der Waals surface area contributed by atoms with Gasteiger partial charge in [0.25, 0.3) is 0 Å². The summed E-state index contributed by atoms with van der Waals surface area (Å²) >= 11 is 5.89. The normalized spacial score (nSPS) is 10.0. The topological polar surface area (TPSA) is 17.1 Å². The summed E-state index contributed by atoms with van der Waals surface area (Å²) < 4.78 is 0. The van der Waals surface area contributed by atoms with E-state index in [9.17, 15) is 4.79 Å². The summed E-state index contributed by atoms with van der Waals surface area (Å²) in [6.45, 7) is 5.56. The van der Waals surface area contributed by atoms with E-state index in [0.29, 0.717) is 17.0 Å². The Bertz CT molecular complexity index is 349. The van der Waals surface area contributed by atoms with Crippen LogP contribution in [0.25, 0.3) is 0 Å². The molecule has 0 saturated heterocycles. The Morgan fingerprint density at radius 3 is 2.80 bits per heavy atom. The molecule has 0 amide bonds. The van der Waals surface area contributed by atoms with E-state index in [-0.39, 0.29) is 5.78 Å². The number of halogens is 1. The first-order valence-corrected chi connectivity index (χ1v) is 5.42. The molecule has 0 radical (unpaired) electrons. The van der Waals surface area contributed by atoms with Crippen LogP contribution in [0.15, 0.2) is 30.9 Å². The molecule has 0 fully saturated rings. The molecule has 0 spiro atoms. The Morgan fingerprint density at radius 1 is 1.47 bits per heavy atom. The van der Waals surface area contributed by atoms with E-state index in [1.807, 2.05) is 25.1 Å². The predicted octanol–water partition coefficient (Wildman–Crippen LogP) is 4.19. The molecule has 1 rings (SSSR count). The highest BCUT2D eigenvalue weighted by molar-refractivity contribution is 6.31. The van der Waals surface area contributed by atoms with E-state index in [0.717, 1.165) is 18.4 Å². The fraction of sp³-hybridized carbons (Fsp3) is 0.308. The van der Waals surface area contributed by atoms with Crippen molar-refractivity contribution in [2.45, 2.75) is 26.2 Å². The number of aryl methyl sites for hydroxylation is 1. The van der Waals surface area contributed by atoms with Gasteiger partial charge in [-0.15, -0.1) is 6.58 Å². The summed E-state index contributed by atoms with van der Waals surface area (Å²) in [6.07, 6.45) is 4.13. The number of ketones is 1. The van der Waals surface area contributed by atoms with Crippen LogP contribution >= 0.6 is 11.6 Å². The zero-order valence-electron chi connectivity index (χ0n) is 8.92. The van der Waals surface area contributed by atoms with Crippen molar-refractivity contribution in [1.29, 1.82) is 0 Å². The van der Waals surface area contributed by atoms with Crippen LogP contribution in [0, 0.1) is 6.92 Å². The van der Waals surface area contributed by atoms with Crippen LogP contribution in [-0.4, -0.2) is 5.78 Å². The minimum absolute atomic E-state index is 0.155. The van der Waals surface area contributed by atoms with Crippen LogP contribution in [0.2, 0.25) is 5.02 Å². The van der Waals surface area contributed by atoms with Crippen molar-refractivity contribution in [2.75, 3.05) is 0 Å². The van der Waals surface area contributed by atoms with Gasteiger partial charge in [-0.25, -0.2) is 0 Å². The van der Waals surface area contributed by atoms with E-state index in [4.69, 9.17) is 11.6 Å². The number of Topliss-reactive ketones (excluding diaryl/α,β-unsaturated/α-hetero) is 1. The molecule has 1 aromatic rings. The maximum absolute atomic E-state index is 11.7. The van der Waals surface area contributed by atoms with Gasteiger partial charge in [-0.1, -0.05) is 17.7 Å². The monoisotopic (exact) mass is 222 g/mol. The number of carbonyl (C=O) groups is 1. The van der Waals surface area contributed by atoms with Gasteiger partial charge in [0.1, 0.15) is 0 Å². The molecule has 0 atom stereocenters. The SMILES string of the molecule is C=CCCCC(=O)c1cc(C)cc(Cl)c1. The highest BCUT2D eigenvalue weighted by Gasteiger charge is 2.06. The Kier molecular flexibility index (Phi) is 4.57. The molecular weight excluding hydrogens is 208 g/mol. The fourth-order valence-corrected chi connectivity index (χ4v) is 1.74. The summed E-state index contributed by atoms with van der Waals surface area (Å²) in [7, 11) is 0. The zero-order chi connectivity index (χ0) is 11.3. The summed E-state index contributed by atoms with van der Waals surface area (Å²) in [5.74, 6) is 0.155. The molecule has 1 nitrogen and oxygen atoms in total. The molecule has 2 heteroatoms. The molecule has 15 heavy (non-hydrogen) atoms. The molecule has 0 N–H and O–H groups in total. The van der Waals surface area contributed by atoms with Crippen LogP contribution in [0.4, 0.5) is 0 Å². The molecule has 0 aliphatic heterocycles. The lowest BCUT2D eigenvalue weighted by molar-refractivity contribution is 0.0980. The van der Waals surface area contributed by atoms with Gasteiger partial charge in [-0.05, 0) is 43.5 Å². The first kappa shape index (κ1) is 12.0. The lowest BCUT2D eigenvalue weighted by Gasteiger charge is -2.02. The molecule has 1 aromatic carbocycles. The van der Waals surface area contributed by atoms with Gasteiger partial charge >= 0.3 is 0 Å². The number of rotatable bonds is 5. The second-order valence-electron chi connectivity index (χ2n) is 3.62. The largest absolute Gasteiger partial charge is 0.294 e. The van der Waals surface area contributed by atoms with Gasteiger partial charge in [0.2, 0.25) is 0 Å². The summed E-state index contributed by atoms with van der Waals surface area (Å²) in [5.41, 5.74) is 1.73. The molecule has 80 valence electrons. The lowest BCUT2D eigenvalue weighted by Crippen LogP contribution is -1.99. The number of carbonyl (C=O) groups excluding carboxylic acids is 1. The Labute approximate surface area is 95.8 Å². The molecule has 0 aliphatic carbocycles. The van der Waals surface area contributed by atoms with Crippen molar-refractivity contribution in [3.05, 3.63) is 47.0 Å². The number of hydrogen-bond donors (Lipinski definition) is 0. The van der Waals surface area contributed by atoms with Crippen molar-refractivity contribution < 1.29 is 4.79 Å². The smallest absolute Gasteiger partial charge is 0.162 e. The van der Waals surface area contributed by atoms with Gasteiger partial charge in [-0.3, -0.25) is 4.79 Å². The van der Waals surface area contributed by atoms with Crippen LogP contribution < -0.4 is 0 Å². The van der Waals surface area contributed by atoms with Gasteiger partial charge < -0.3 is 0 Å². The molecule has 0 saturated carbocycles. The minimum atomic E-state index is 0.155. The van der Waals surface area contributed by atoms with Crippen molar-refractivity contribution in [3.8, 4) is 0 Å². The minimum Gasteiger partial charge on any atom is -0.294 e. The second-order valence-corrected chi connectivity index (χ2v) is 4.06. The average Bonchev–Trinajstić information content (AvgIpc) is 2.16. The fourth-order valence-electron chi connectivity index (χ4n) is 1.45. The third kappa shape index (κ3) is 3.88. The third-order valence-corrected chi connectivity index (χ3v) is 2.39. The predicted molar refractivity (Wildman–Crippen MR) is 64.6 cm³/mol. The molecule has 0 bridgehead atoms. The van der Waals surface area contributed by atoms with Crippen LogP contribution in [0.5, 0.6) is 0 Å². The maximum Gasteiger partial charge on any atom is 0.162 e. The quantitative estimate of drug-likeness (QED) is 0.415. The third-order valence-electron chi connectivity index (χ3n) is 2.18. The van der Waals surface area contributed by atoms with E-state index < -0.39 is 0 Å². The highest BCUT2D eigenvalue weighted by Crippen LogP contribution is 2.16. The standard InChI is InChI=1S/C13H15ClO/c1-3-4-5-6-13(15)11-7-10(2)8-12(14)9-11/h3,7-9H,1,4-6H2,2H3.